The number of amides is 1. The summed E-state index contributed by atoms with van der Waals surface area (Å²) in [4.78, 5) is 14.4. The van der Waals surface area contributed by atoms with Crippen LogP contribution in [-0.2, 0) is 0 Å². The minimum atomic E-state index is -0.215. The lowest BCUT2D eigenvalue weighted by atomic mass is 10.0. The van der Waals surface area contributed by atoms with E-state index in [0.717, 1.165) is 22.0 Å². The molecule has 3 rings (SSSR count). The van der Waals surface area contributed by atoms with E-state index in [0.29, 0.717) is 5.56 Å². The molecule has 4 nitrogen and oxygen atoms in total. The molecular weight excluding hydrogens is 298 g/mol. The van der Waals surface area contributed by atoms with Gasteiger partial charge in [-0.15, -0.1) is 0 Å². The second kappa shape index (κ2) is 6.96. The molecule has 3 aromatic rings. The molecule has 1 N–H and O–H groups in total. The van der Waals surface area contributed by atoms with Gasteiger partial charge in [0.05, 0.1) is 6.21 Å². The highest BCUT2D eigenvalue weighted by atomic mass is 16.2. The van der Waals surface area contributed by atoms with Crippen LogP contribution in [0.5, 0.6) is 0 Å². The summed E-state index contributed by atoms with van der Waals surface area (Å²) < 4.78 is 0. The average molecular weight is 317 g/mol. The van der Waals surface area contributed by atoms with Gasteiger partial charge in [-0.2, -0.15) is 5.10 Å². The first kappa shape index (κ1) is 15.7. The predicted molar refractivity (Wildman–Crippen MR) is 99.8 cm³/mol. The van der Waals surface area contributed by atoms with Crippen LogP contribution in [0.3, 0.4) is 0 Å². The molecule has 0 atom stereocenters. The predicted octanol–water partition coefficient (Wildman–Crippen LogP) is 3.67. The van der Waals surface area contributed by atoms with Crippen LogP contribution < -0.4 is 10.3 Å². The lowest BCUT2D eigenvalue weighted by molar-refractivity contribution is 0.0957. The molecule has 1 amide bonds. The Morgan fingerprint density at radius 2 is 1.67 bits per heavy atom. The molecule has 0 unspecified atom stereocenters. The summed E-state index contributed by atoms with van der Waals surface area (Å²) in [5.74, 6) is -0.215. The van der Waals surface area contributed by atoms with Crippen molar-refractivity contribution in [3.05, 3.63) is 77.9 Å². The topological polar surface area (TPSA) is 44.7 Å². The Morgan fingerprint density at radius 1 is 0.958 bits per heavy atom. The van der Waals surface area contributed by atoms with Gasteiger partial charge in [0.15, 0.2) is 0 Å². The van der Waals surface area contributed by atoms with Crippen molar-refractivity contribution in [2.45, 2.75) is 0 Å². The molecule has 0 bridgehead atoms. The Bertz CT molecular complexity index is 878. The largest absolute Gasteiger partial charge is 0.378 e. The van der Waals surface area contributed by atoms with E-state index in [2.05, 4.69) is 10.5 Å². The smallest absolute Gasteiger partial charge is 0.271 e. The van der Waals surface area contributed by atoms with Gasteiger partial charge in [-0.25, -0.2) is 5.43 Å². The fourth-order valence-corrected chi connectivity index (χ4v) is 2.51. The van der Waals surface area contributed by atoms with Crippen LogP contribution in [0.25, 0.3) is 10.8 Å². The summed E-state index contributed by atoms with van der Waals surface area (Å²) in [6, 6.07) is 21.4. The first-order chi connectivity index (χ1) is 11.6. The van der Waals surface area contributed by atoms with Gasteiger partial charge in [0.1, 0.15) is 0 Å². The van der Waals surface area contributed by atoms with E-state index in [1.165, 1.54) is 0 Å². The monoisotopic (exact) mass is 317 g/mol. The Hall–Kier alpha value is -3.14. The summed E-state index contributed by atoms with van der Waals surface area (Å²) in [6.45, 7) is 0. The molecule has 0 aromatic heterocycles. The van der Waals surface area contributed by atoms with Crippen LogP contribution in [0.1, 0.15) is 15.9 Å². The fourth-order valence-electron chi connectivity index (χ4n) is 2.51. The second-order valence-corrected chi connectivity index (χ2v) is 5.71. The van der Waals surface area contributed by atoms with Gasteiger partial charge in [0, 0.05) is 25.3 Å². The highest BCUT2D eigenvalue weighted by Gasteiger charge is 2.08. The number of carbonyl (C=O) groups excluding carboxylic acids is 1. The van der Waals surface area contributed by atoms with Crippen molar-refractivity contribution in [3.8, 4) is 0 Å². The van der Waals surface area contributed by atoms with Crippen molar-refractivity contribution in [1.82, 2.24) is 5.43 Å². The molecule has 120 valence electrons. The molecule has 24 heavy (non-hydrogen) atoms. The number of hydrogen-bond acceptors (Lipinski definition) is 3. The number of rotatable bonds is 4. The number of anilines is 1. The molecular formula is C20H19N3O. The first-order valence-corrected chi connectivity index (χ1v) is 7.74. The summed E-state index contributed by atoms with van der Waals surface area (Å²) >= 11 is 0. The maximum Gasteiger partial charge on any atom is 0.271 e. The van der Waals surface area contributed by atoms with Crippen LogP contribution in [-0.4, -0.2) is 26.2 Å². The first-order valence-electron chi connectivity index (χ1n) is 7.74. The number of hydrogen-bond donors (Lipinski definition) is 1. The number of nitrogens with one attached hydrogen (secondary N) is 1. The molecule has 0 spiro atoms. The molecule has 0 saturated carbocycles. The zero-order chi connectivity index (χ0) is 16.9. The van der Waals surface area contributed by atoms with Crippen molar-refractivity contribution >= 4 is 28.6 Å². The number of hydrazone groups is 1. The minimum Gasteiger partial charge on any atom is -0.378 e. The van der Waals surface area contributed by atoms with E-state index in [-0.39, 0.29) is 5.91 Å². The van der Waals surface area contributed by atoms with Gasteiger partial charge in [0.25, 0.3) is 5.91 Å². The van der Waals surface area contributed by atoms with E-state index >= 15 is 0 Å². The highest BCUT2D eigenvalue weighted by Crippen LogP contribution is 2.18. The second-order valence-electron chi connectivity index (χ2n) is 5.71. The zero-order valence-electron chi connectivity index (χ0n) is 13.7. The third-order valence-electron chi connectivity index (χ3n) is 3.82. The van der Waals surface area contributed by atoms with Gasteiger partial charge in [-0.1, -0.05) is 48.5 Å². The van der Waals surface area contributed by atoms with Crippen molar-refractivity contribution in [2.24, 2.45) is 5.10 Å². The fraction of sp³-hybridized carbons (Fsp3) is 0.100. The quantitative estimate of drug-likeness (QED) is 0.589. The Balaban J connectivity index is 1.72. The van der Waals surface area contributed by atoms with E-state index < -0.39 is 0 Å². The normalized spacial score (nSPS) is 10.9. The van der Waals surface area contributed by atoms with Gasteiger partial charge >= 0.3 is 0 Å². The highest BCUT2D eigenvalue weighted by molar-refractivity contribution is 6.07. The zero-order valence-corrected chi connectivity index (χ0v) is 13.7. The Labute approximate surface area is 141 Å². The number of carbonyl (C=O) groups is 1. The third kappa shape index (κ3) is 3.43. The molecule has 0 aliphatic heterocycles. The standard InChI is InChI=1S/C20H19N3O/c1-23(2)17-12-10-15(11-13-17)14-21-22-20(24)19-9-5-7-16-6-3-4-8-18(16)19/h3-14H,1-2H3,(H,22,24)/b21-14-. The number of nitrogens with zero attached hydrogens (tertiary/aromatic N) is 2. The summed E-state index contributed by atoms with van der Waals surface area (Å²) in [7, 11) is 3.99. The van der Waals surface area contributed by atoms with Crippen molar-refractivity contribution < 1.29 is 4.79 Å². The Kier molecular flexibility index (Phi) is 4.57. The van der Waals surface area contributed by atoms with Crippen LogP contribution in [0.2, 0.25) is 0 Å². The van der Waals surface area contributed by atoms with Crippen LogP contribution >= 0.6 is 0 Å². The lowest BCUT2D eigenvalue weighted by Crippen LogP contribution is -2.17. The van der Waals surface area contributed by atoms with Crippen molar-refractivity contribution in [1.29, 1.82) is 0 Å². The summed E-state index contributed by atoms with van der Waals surface area (Å²) in [5, 5.41) is 6.02. The maximum absolute atomic E-state index is 12.4. The molecule has 0 aliphatic carbocycles. The Morgan fingerprint density at radius 3 is 2.42 bits per heavy atom. The van der Waals surface area contributed by atoms with Crippen LogP contribution in [0.15, 0.2) is 71.8 Å². The van der Waals surface area contributed by atoms with E-state index in [9.17, 15) is 4.79 Å². The molecule has 0 fully saturated rings. The average Bonchev–Trinajstić information content (AvgIpc) is 2.61. The van der Waals surface area contributed by atoms with Crippen molar-refractivity contribution in [3.63, 3.8) is 0 Å². The molecule has 3 aromatic carbocycles. The van der Waals surface area contributed by atoms with Crippen LogP contribution in [0.4, 0.5) is 5.69 Å². The van der Waals surface area contributed by atoms with Crippen LogP contribution in [0, 0.1) is 0 Å². The van der Waals surface area contributed by atoms with Crippen molar-refractivity contribution in [2.75, 3.05) is 19.0 Å². The van der Waals surface area contributed by atoms with Gasteiger partial charge in [0.2, 0.25) is 0 Å². The molecule has 4 heteroatoms. The van der Waals surface area contributed by atoms with E-state index in [1.54, 1.807) is 12.3 Å². The van der Waals surface area contributed by atoms with Gasteiger partial charge in [-0.3, -0.25) is 4.79 Å². The van der Waals surface area contributed by atoms with Gasteiger partial charge in [-0.05, 0) is 34.5 Å². The molecule has 0 aliphatic rings. The lowest BCUT2D eigenvalue weighted by Gasteiger charge is -2.11. The number of benzene rings is 3. The third-order valence-corrected chi connectivity index (χ3v) is 3.82. The minimum absolute atomic E-state index is 0.215. The number of fused-ring (bicyclic) bond motifs is 1. The summed E-state index contributed by atoms with van der Waals surface area (Å²) in [5.41, 5.74) is 5.26. The van der Waals surface area contributed by atoms with E-state index in [1.807, 2.05) is 79.7 Å². The van der Waals surface area contributed by atoms with Gasteiger partial charge < -0.3 is 4.90 Å². The molecule has 0 heterocycles. The SMILES string of the molecule is CN(C)c1ccc(/C=N\NC(=O)c2cccc3ccccc23)cc1. The molecule has 0 radical (unpaired) electrons. The maximum atomic E-state index is 12.4. The molecule has 0 saturated heterocycles. The van der Waals surface area contributed by atoms with E-state index in [4.69, 9.17) is 0 Å². The summed E-state index contributed by atoms with van der Waals surface area (Å²) in [6.07, 6.45) is 1.64.